The Kier molecular flexibility index (Phi) is 5.99. The van der Waals surface area contributed by atoms with Gasteiger partial charge in [0.1, 0.15) is 5.82 Å². The van der Waals surface area contributed by atoms with Gasteiger partial charge in [-0.2, -0.15) is 10.1 Å². The molecule has 3 aromatic heterocycles. The van der Waals surface area contributed by atoms with E-state index in [9.17, 15) is 4.79 Å². The SMILES string of the molecule is CN(C)c1ccnc(N2CCN(CCn3nc(-c4cccnc4)ccc3=O)CC2)n1. The minimum Gasteiger partial charge on any atom is -0.363 e. The molecule has 0 radical (unpaired) electrons. The summed E-state index contributed by atoms with van der Waals surface area (Å²) < 4.78 is 1.54. The van der Waals surface area contributed by atoms with Gasteiger partial charge in [0.2, 0.25) is 5.95 Å². The number of rotatable bonds is 6. The second-order valence-electron chi connectivity index (χ2n) is 7.46. The van der Waals surface area contributed by atoms with Crippen LogP contribution in [0.4, 0.5) is 11.8 Å². The molecule has 1 fully saturated rings. The molecule has 0 spiro atoms. The molecule has 0 amide bonds. The van der Waals surface area contributed by atoms with Gasteiger partial charge in [-0.15, -0.1) is 0 Å². The minimum atomic E-state index is -0.0878. The van der Waals surface area contributed by atoms with Crippen molar-refractivity contribution < 1.29 is 0 Å². The summed E-state index contributed by atoms with van der Waals surface area (Å²) in [6, 6.07) is 9.03. The lowest BCUT2D eigenvalue weighted by molar-refractivity contribution is 0.242. The number of piperazine rings is 1. The molecule has 3 aromatic rings. The van der Waals surface area contributed by atoms with Gasteiger partial charge in [0.15, 0.2) is 0 Å². The molecule has 4 rings (SSSR count). The summed E-state index contributed by atoms with van der Waals surface area (Å²) in [5.41, 5.74) is 1.57. The normalized spacial score (nSPS) is 14.7. The first-order valence-corrected chi connectivity index (χ1v) is 10.1. The average molecular weight is 406 g/mol. The molecule has 1 saturated heterocycles. The average Bonchev–Trinajstić information content (AvgIpc) is 2.79. The van der Waals surface area contributed by atoms with E-state index in [-0.39, 0.29) is 5.56 Å². The lowest BCUT2D eigenvalue weighted by atomic mass is 10.2. The van der Waals surface area contributed by atoms with Crippen LogP contribution in [-0.2, 0) is 6.54 Å². The molecule has 0 unspecified atom stereocenters. The smallest absolute Gasteiger partial charge is 0.266 e. The first kappa shape index (κ1) is 20.0. The van der Waals surface area contributed by atoms with E-state index in [0.717, 1.165) is 55.7 Å². The number of hydrogen-bond acceptors (Lipinski definition) is 8. The molecular formula is C21H26N8O. The van der Waals surface area contributed by atoms with Crippen LogP contribution >= 0.6 is 0 Å². The van der Waals surface area contributed by atoms with Gasteiger partial charge in [-0.05, 0) is 24.3 Å². The van der Waals surface area contributed by atoms with Crippen LogP contribution < -0.4 is 15.4 Å². The maximum absolute atomic E-state index is 12.2. The van der Waals surface area contributed by atoms with Crippen LogP contribution in [0.25, 0.3) is 11.3 Å². The first-order chi connectivity index (χ1) is 14.6. The molecule has 9 nitrogen and oxygen atoms in total. The van der Waals surface area contributed by atoms with Crippen molar-refractivity contribution in [2.75, 3.05) is 56.6 Å². The maximum atomic E-state index is 12.2. The molecule has 0 aliphatic carbocycles. The van der Waals surface area contributed by atoms with Gasteiger partial charge < -0.3 is 9.80 Å². The highest BCUT2D eigenvalue weighted by molar-refractivity contribution is 5.56. The van der Waals surface area contributed by atoms with Gasteiger partial charge >= 0.3 is 0 Å². The molecule has 4 heterocycles. The van der Waals surface area contributed by atoms with Crippen LogP contribution in [0.15, 0.2) is 53.7 Å². The van der Waals surface area contributed by atoms with Crippen molar-refractivity contribution in [2.45, 2.75) is 6.54 Å². The molecule has 0 N–H and O–H groups in total. The third-order valence-corrected chi connectivity index (χ3v) is 5.19. The number of anilines is 2. The summed E-state index contributed by atoms with van der Waals surface area (Å²) >= 11 is 0. The van der Waals surface area contributed by atoms with E-state index in [0.29, 0.717) is 6.54 Å². The second-order valence-corrected chi connectivity index (χ2v) is 7.46. The maximum Gasteiger partial charge on any atom is 0.266 e. The Hall–Kier alpha value is -3.33. The number of hydrogen-bond donors (Lipinski definition) is 0. The van der Waals surface area contributed by atoms with E-state index in [1.807, 2.05) is 37.2 Å². The van der Waals surface area contributed by atoms with Crippen LogP contribution in [0.5, 0.6) is 0 Å². The largest absolute Gasteiger partial charge is 0.363 e. The van der Waals surface area contributed by atoms with Crippen molar-refractivity contribution in [2.24, 2.45) is 0 Å². The summed E-state index contributed by atoms with van der Waals surface area (Å²) in [5.74, 6) is 1.67. The van der Waals surface area contributed by atoms with E-state index in [1.165, 1.54) is 0 Å². The molecule has 0 saturated carbocycles. The van der Waals surface area contributed by atoms with Crippen LogP contribution in [0, 0.1) is 0 Å². The van der Waals surface area contributed by atoms with Crippen LogP contribution in [0.2, 0.25) is 0 Å². The van der Waals surface area contributed by atoms with Gasteiger partial charge in [-0.1, -0.05) is 0 Å². The highest BCUT2D eigenvalue weighted by atomic mass is 16.1. The lowest BCUT2D eigenvalue weighted by Gasteiger charge is -2.34. The van der Waals surface area contributed by atoms with Gasteiger partial charge in [0.05, 0.1) is 12.2 Å². The summed E-state index contributed by atoms with van der Waals surface area (Å²) in [4.78, 5) is 31.9. The Bertz CT molecular complexity index is 1030. The molecule has 1 aliphatic rings. The third-order valence-electron chi connectivity index (χ3n) is 5.19. The van der Waals surface area contributed by atoms with Crippen molar-refractivity contribution in [3.8, 4) is 11.3 Å². The molecule has 0 bridgehead atoms. The Morgan fingerprint density at radius 3 is 2.57 bits per heavy atom. The number of pyridine rings is 1. The highest BCUT2D eigenvalue weighted by Crippen LogP contribution is 2.15. The van der Waals surface area contributed by atoms with Crippen LogP contribution in [-0.4, -0.2) is 76.5 Å². The van der Waals surface area contributed by atoms with Gasteiger partial charge in [0.25, 0.3) is 5.56 Å². The number of nitrogens with zero attached hydrogens (tertiary/aromatic N) is 8. The fraction of sp³-hybridized carbons (Fsp3) is 0.381. The summed E-state index contributed by atoms with van der Waals surface area (Å²) in [6.45, 7) is 4.83. The van der Waals surface area contributed by atoms with Gasteiger partial charge in [0, 0.05) is 77.0 Å². The molecule has 0 atom stereocenters. The zero-order valence-corrected chi connectivity index (χ0v) is 17.3. The second kappa shape index (κ2) is 9.00. The predicted molar refractivity (Wildman–Crippen MR) is 117 cm³/mol. The van der Waals surface area contributed by atoms with Crippen molar-refractivity contribution in [3.05, 3.63) is 59.3 Å². The van der Waals surface area contributed by atoms with E-state index >= 15 is 0 Å². The summed E-state index contributed by atoms with van der Waals surface area (Å²) in [5, 5.41) is 4.52. The Labute approximate surface area is 175 Å². The predicted octanol–water partition coefficient (Wildman–Crippen LogP) is 0.984. The minimum absolute atomic E-state index is 0.0878. The molecule has 1 aliphatic heterocycles. The first-order valence-electron chi connectivity index (χ1n) is 10.1. The van der Waals surface area contributed by atoms with Crippen LogP contribution in [0.1, 0.15) is 0 Å². The standard InChI is InChI=1S/C21H26N8O/c1-26(2)19-7-9-23-21(24-19)28-13-10-27(11-14-28)12-15-29-20(30)6-5-18(25-29)17-4-3-8-22-16-17/h3-9,16H,10-15H2,1-2H3. The van der Waals surface area contributed by atoms with Gasteiger partial charge in [-0.3, -0.25) is 14.7 Å². The molecule has 30 heavy (non-hydrogen) atoms. The topological polar surface area (TPSA) is 83.3 Å². The Morgan fingerprint density at radius 1 is 1.00 bits per heavy atom. The number of aromatic nitrogens is 5. The Balaban J connectivity index is 1.35. The third kappa shape index (κ3) is 4.62. The van der Waals surface area contributed by atoms with Crippen molar-refractivity contribution in [1.82, 2.24) is 29.6 Å². The quantitative estimate of drug-likeness (QED) is 0.599. The lowest BCUT2D eigenvalue weighted by Crippen LogP contribution is -2.48. The zero-order valence-electron chi connectivity index (χ0n) is 17.3. The highest BCUT2D eigenvalue weighted by Gasteiger charge is 2.19. The monoisotopic (exact) mass is 406 g/mol. The molecule has 9 heteroatoms. The van der Waals surface area contributed by atoms with Crippen molar-refractivity contribution >= 4 is 11.8 Å². The summed E-state index contributed by atoms with van der Waals surface area (Å²) in [6.07, 6.45) is 5.28. The van der Waals surface area contributed by atoms with E-state index in [1.54, 1.807) is 35.4 Å². The fourth-order valence-electron chi connectivity index (χ4n) is 3.43. The summed E-state index contributed by atoms with van der Waals surface area (Å²) in [7, 11) is 3.95. The van der Waals surface area contributed by atoms with E-state index in [2.05, 4.69) is 29.9 Å². The Morgan fingerprint density at radius 2 is 1.83 bits per heavy atom. The molecular weight excluding hydrogens is 380 g/mol. The van der Waals surface area contributed by atoms with E-state index < -0.39 is 0 Å². The molecule has 0 aromatic carbocycles. The zero-order chi connectivity index (χ0) is 20.9. The van der Waals surface area contributed by atoms with E-state index in [4.69, 9.17) is 0 Å². The van der Waals surface area contributed by atoms with Crippen molar-refractivity contribution in [1.29, 1.82) is 0 Å². The van der Waals surface area contributed by atoms with Crippen LogP contribution in [0.3, 0.4) is 0 Å². The molecule has 156 valence electrons. The fourth-order valence-corrected chi connectivity index (χ4v) is 3.43. The van der Waals surface area contributed by atoms with Gasteiger partial charge in [-0.25, -0.2) is 9.67 Å². The van der Waals surface area contributed by atoms with Crippen molar-refractivity contribution in [3.63, 3.8) is 0 Å².